The molecule has 1 atom stereocenters. The molecule has 2 N–H and O–H groups in total. The lowest BCUT2D eigenvalue weighted by Gasteiger charge is -2.18. The van der Waals surface area contributed by atoms with Gasteiger partial charge in [0.1, 0.15) is 0 Å². The minimum Gasteiger partial charge on any atom is -0.481 e. The number of hydrogen-bond acceptors (Lipinski definition) is 2. The van der Waals surface area contributed by atoms with Gasteiger partial charge in [-0.1, -0.05) is 29.8 Å². The summed E-state index contributed by atoms with van der Waals surface area (Å²) in [5.41, 5.74) is 1.63. The summed E-state index contributed by atoms with van der Waals surface area (Å²) in [5, 5.41) is 10.4. The molecule has 1 aromatic rings. The van der Waals surface area contributed by atoms with Crippen LogP contribution in [-0.2, 0) is 16.0 Å². The van der Waals surface area contributed by atoms with Gasteiger partial charge in [-0.15, -0.1) is 0 Å². The molecule has 0 bridgehead atoms. The van der Waals surface area contributed by atoms with Crippen LogP contribution in [0, 0.1) is 6.92 Å². The quantitative estimate of drug-likeness (QED) is 0.872. The first-order chi connectivity index (χ1) is 9.18. The number of benzene rings is 1. The van der Waals surface area contributed by atoms with E-state index in [0.717, 1.165) is 5.56 Å². The minimum absolute atomic E-state index is 0.0222. The topological polar surface area (TPSA) is 66.4 Å². The van der Waals surface area contributed by atoms with Crippen molar-refractivity contribution in [2.75, 3.05) is 0 Å². The molecule has 0 aliphatic carbocycles. The molecular formula is C13H14F3NO3. The van der Waals surface area contributed by atoms with Crippen molar-refractivity contribution in [1.82, 2.24) is 5.32 Å². The fourth-order valence-electron chi connectivity index (χ4n) is 1.66. The molecule has 0 aromatic heterocycles. The number of carboxylic acid groups (broad SMARTS) is 1. The van der Waals surface area contributed by atoms with Crippen LogP contribution in [0.2, 0.25) is 0 Å². The van der Waals surface area contributed by atoms with Crippen LogP contribution in [-0.4, -0.2) is 29.2 Å². The highest BCUT2D eigenvalue weighted by atomic mass is 19.4. The van der Waals surface area contributed by atoms with Crippen molar-refractivity contribution in [1.29, 1.82) is 0 Å². The molecule has 0 heterocycles. The van der Waals surface area contributed by atoms with Gasteiger partial charge >= 0.3 is 18.1 Å². The molecule has 0 aliphatic heterocycles. The lowest BCUT2D eigenvalue weighted by molar-refractivity contribution is -0.174. The average Bonchev–Trinajstić information content (AvgIpc) is 2.30. The van der Waals surface area contributed by atoms with Gasteiger partial charge in [-0.3, -0.25) is 9.59 Å². The molecule has 0 spiro atoms. The zero-order chi connectivity index (χ0) is 15.3. The van der Waals surface area contributed by atoms with Crippen LogP contribution < -0.4 is 5.32 Å². The Bertz CT molecular complexity index is 483. The molecule has 1 amide bonds. The van der Waals surface area contributed by atoms with Crippen molar-refractivity contribution < 1.29 is 27.9 Å². The molecule has 0 aliphatic rings. The first kappa shape index (κ1) is 16.0. The van der Waals surface area contributed by atoms with E-state index in [1.165, 1.54) is 0 Å². The molecule has 110 valence electrons. The Morgan fingerprint density at radius 1 is 1.25 bits per heavy atom. The largest absolute Gasteiger partial charge is 0.481 e. The van der Waals surface area contributed by atoms with Crippen LogP contribution in [0.15, 0.2) is 24.3 Å². The molecule has 20 heavy (non-hydrogen) atoms. The molecule has 7 heteroatoms. The third kappa shape index (κ3) is 5.29. The van der Waals surface area contributed by atoms with Gasteiger partial charge in [-0.25, -0.2) is 0 Å². The van der Waals surface area contributed by atoms with Gasteiger partial charge in [0, 0.05) is 6.04 Å². The minimum atomic E-state index is -5.02. The summed E-state index contributed by atoms with van der Waals surface area (Å²) in [4.78, 5) is 21.5. The van der Waals surface area contributed by atoms with Gasteiger partial charge < -0.3 is 10.4 Å². The third-order valence-corrected chi connectivity index (χ3v) is 2.62. The molecule has 1 rings (SSSR count). The number of carbonyl (C=O) groups is 2. The van der Waals surface area contributed by atoms with Crippen molar-refractivity contribution in [2.24, 2.45) is 0 Å². The second kappa shape index (κ2) is 6.40. The lowest BCUT2D eigenvalue weighted by atomic mass is 10.0. The summed E-state index contributed by atoms with van der Waals surface area (Å²) in [6, 6.07) is 5.79. The predicted molar refractivity (Wildman–Crippen MR) is 65.1 cm³/mol. The first-order valence-corrected chi connectivity index (χ1v) is 5.83. The lowest BCUT2D eigenvalue weighted by Crippen LogP contribution is -2.45. The van der Waals surface area contributed by atoms with E-state index in [1.807, 2.05) is 6.92 Å². The number of halogens is 3. The highest BCUT2D eigenvalue weighted by Crippen LogP contribution is 2.16. The maximum Gasteiger partial charge on any atom is 0.471 e. The van der Waals surface area contributed by atoms with Crippen molar-refractivity contribution in [3.05, 3.63) is 35.4 Å². The predicted octanol–water partition coefficient (Wildman–Crippen LogP) is 2.06. The van der Waals surface area contributed by atoms with E-state index in [4.69, 9.17) is 5.11 Å². The number of rotatable bonds is 5. The number of nitrogens with one attached hydrogen (secondary N) is 1. The molecular weight excluding hydrogens is 275 g/mol. The van der Waals surface area contributed by atoms with Gasteiger partial charge in [-0.2, -0.15) is 13.2 Å². The number of aryl methyl sites for hydroxylation is 1. The number of aliphatic carboxylic acids is 1. The van der Waals surface area contributed by atoms with Gasteiger partial charge in [0.25, 0.3) is 0 Å². The van der Waals surface area contributed by atoms with Crippen molar-refractivity contribution in [2.45, 2.75) is 32.0 Å². The molecule has 0 fully saturated rings. The van der Waals surface area contributed by atoms with E-state index in [0.29, 0.717) is 5.56 Å². The smallest absolute Gasteiger partial charge is 0.471 e. The van der Waals surface area contributed by atoms with Crippen LogP contribution in [0.3, 0.4) is 0 Å². The van der Waals surface area contributed by atoms with Crippen LogP contribution in [0.1, 0.15) is 17.5 Å². The fourth-order valence-corrected chi connectivity index (χ4v) is 1.66. The van der Waals surface area contributed by atoms with Crippen LogP contribution in [0.25, 0.3) is 0 Å². The van der Waals surface area contributed by atoms with Gasteiger partial charge in [-0.05, 0) is 18.9 Å². The van der Waals surface area contributed by atoms with E-state index in [9.17, 15) is 22.8 Å². The maximum absolute atomic E-state index is 12.2. The Balaban J connectivity index is 2.76. The van der Waals surface area contributed by atoms with E-state index in [1.54, 1.807) is 29.6 Å². The molecule has 0 saturated heterocycles. The van der Waals surface area contributed by atoms with Gasteiger partial charge in [0.05, 0.1) is 6.42 Å². The van der Waals surface area contributed by atoms with Gasteiger partial charge in [0.15, 0.2) is 0 Å². The van der Waals surface area contributed by atoms with Crippen LogP contribution in [0.4, 0.5) is 13.2 Å². The highest BCUT2D eigenvalue weighted by molar-refractivity contribution is 5.82. The second-order valence-electron chi connectivity index (χ2n) is 4.46. The highest BCUT2D eigenvalue weighted by Gasteiger charge is 2.39. The number of hydrogen-bond donors (Lipinski definition) is 2. The molecule has 0 radical (unpaired) electrons. The Kier molecular flexibility index (Phi) is 5.12. The molecule has 0 saturated carbocycles. The number of alkyl halides is 3. The standard InChI is InChI=1S/C13H14F3NO3/c1-8-2-4-9(5-3-8)6-10(7-11(18)19)17-12(20)13(14,15)16/h2-5,10H,6-7H2,1H3,(H,17,20)(H,18,19)/t10-/m1/s1. The van der Waals surface area contributed by atoms with Crippen molar-refractivity contribution in [3.8, 4) is 0 Å². The summed E-state index contributed by atoms with van der Waals surface area (Å²) < 4.78 is 36.5. The number of carbonyl (C=O) groups excluding carboxylic acids is 1. The normalized spacial score (nSPS) is 12.8. The molecule has 0 unspecified atom stereocenters. The van der Waals surface area contributed by atoms with Gasteiger partial charge in [0.2, 0.25) is 0 Å². The number of carboxylic acids is 1. The van der Waals surface area contributed by atoms with Crippen LogP contribution in [0.5, 0.6) is 0 Å². The summed E-state index contributed by atoms with van der Waals surface area (Å²) in [6.45, 7) is 1.85. The maximum atomic E-state index is 12.2. The average molecular weight is 289 g/mol. The first-order valence-electron chi connectivity index (χ1n) is 5.83. The monoisotopic (exact) mass is 289 g/mol. The van der Waals surface area contributed by atoms with E-state index in [2.05, 4.69) is 0 Å². The Morgan fingerprint density at radius 3 is 2.25 bits per heavy atom. The van der Waals surface area contributed by atoms with Crippen LogP contribution >= 0.6 is 0 Å². The Hall–Kier alpha value is -2.05. The van der Waals surface area contributed by atoms with E-state index >= 15 is 0 Å². The van der Waals surface area contributed by atoms with E-state index < -0.39 is 30.5 Å². The SMILES string of the molecule is Cc1ccc(C[C@H](CC(=O)O)NC(=O)C(F)(F)F)cc1. The summed E-state index contributed by atoms with van der Waals surface area (Å²) in [5.74, 6) is -3.40. The van der Waals surface area contributed by atoms with Crippen molar-refractivity contribution >= 4 is 11.9 Å². The summed E-state index contributed by atoms with van der Waals surface area (Å²) >= 11 is 0. The Labute approximate surface area is 113 Å². The number of amides is 1. The zero-order valence-electron chi connectivity index (χ0n) is 10.7. The summed E-state index contributed by atoms with van der Waals surface area (Å²) in [7, 11) is 0. The zero-order valence-corrected chi connectivity index (χ0v) is 10.7. The Morgan fingerprint density at radius 2 is 1.80 bits per heavy atom. The second-order valence-corrected chi connectivity index (χ2v) is 4.46. The molecule has 4 nitrogen and oxygen atoms in total. The van der Waals surface area contributed by atoms with E-state index in [-0.39, 0.29) is 6.42 Å². The van der Waals surface area contributed by atoms with Crippen molar-refractivity contribution in [3.63, 3.8) is 0 Å². The summed E-state index contributed by atoms with van der Waals surface area (Å²) in [6.07, 6.45) is -5.58. The third-order valence-electron chi connectivity index (χ3n) is 2.62. The molecule has 1 aromatic carbocycles. The fraction of sp³-hybridized carbons (Fsp3) is 0.385.